The second-order valence-corrected chi connectivity index (χ2v) is 6.11. The van der Waals surface area contributed by atoms with Crippen LogP contribution in [0.1, 0.15) is 13.8 Å². The van der Waals surface area contributed by atoms with E-state index in [2.05, 4.69) is 34.2 Å². The highest BCUT2D eigenvalue weighted by Crippen LogP contribution is 2.31. The predicted molar refractivity (Wildman–Crippen MR) is 96.0 cm³/mol. The number of fused-ring (bicyclic) bond motifs is 1. The van der Waals surface area contributed by atoms with Crippen LogP contribution in [-0.2, 0) is 7.05 Å². The highest BCUT2D eigenvalue weighted by Gasteiger charge is 2.17. The number of hydrogen-bond donors (Lipinski definition) is 2. The minimum absolute atomic E-state index is 0.488. The molecular weight excluding hydrogens is 304 g/mol. The molecule has 3 aromatic rings. The Labute approximate surface area is 140 Å². The molecule has 7 nitrogen and oxygen atoms in total. The van der Waals surface area contributed by atoms with E-state index in [0.717, 1.165) is 28.9 Å². The van der Waals surface area contributed by atoms with Gasteiger partial charge in [0.2, 0.25) is 5.95 Å². The molecule has 7 heteroatoms. The minimum Gasteiger partial charge on any atom is -0.497 e. The van der Waals surface area contributed by atoms with Crippen LogP contribution in [0.5, 0.6) is 5.75 Å². The number of aryl methyl sites for hydroxylation is 1. The fraction of sp³-hybridized carbons (Fsp3) is 0.353. The van der Waals surface area contributed by atoms with Gasteiger partial charge in [0.25, 0.3) is 0 Å². The molecule has 0 aliphatic rings. The summed E-state index contributed by atoms with van der Waals surface area (Å²) in [5.41, 5.74) is 8.47. The molecule has 0 fully saturated rings. The number of nitrogens with one attached hydrogen (secondary N) is 1. The number of benzene rings is 1. The van der Waals surface area contributed by atoms with Crippen molar-refractivity contribution in [3.05, 3.63) is 24.3 Å². The smallest absolute Gasteiger partial charge is 0.225 e. The van der Waals surface area contributed by atoms with Crippen LogP contribution in [0.25, 0.3) is 22.3 Å². The average Bonchev–Trinajstić information content (AvgIpc) is 2.87. The van der Waals surface area contributed by atoms with Gasteiger partial charge in [-0.1, -0.05) is 13.8 Å². The predicted octanol–water partition coefficient (Wildman–Crippen LogP) is 2.69. The van der Waals surface area contributed by atoms with Crippen LogP contribution in [0.15, 0.2) is 24.3 Å². The number of nitrogens with two attached hydrogens (primary N) is 1. The lowest BCUT2D eigenvalue weighted by Gasteiger charge is -2.10. The van der Waals surface area contributed by atoms with Gasteiger partial charge < -0.3 is 15.8 Å². The van der Waals surface area contributed by atoms with Crippen LogP contribution >= 0.6 is 0 Å². The summed E-state index contributed by atoms with van der Waals surface area (Å²) in [4.78, 5) is 9.17. The maximum atomic E-state index is 6.18. The first-order valence-electron chi connectivity index (χ1n) is 7.88. The van der Waals surface area contributed by atoms with Crippen LogP contribution in [0.4, 0.5) is 11.8 Å². The maximum Gasteiger partial charge on any atom is 0.225 e. The van der Waals surface area contributed by atoms with Crippen molar-refractivity contribution >= 4 is 22.8 Å². The van der Waals surface area contributed by atoms with Gasteiger partial charge in [-0.3, -0.25) is 4.68 Å². The van der Waals surface area contributed by atoms with E-state index in [1.54, 1.807) is 18.8 Å². The van der Waals surface area contributed by atoms with Gasteiger partial charge in [-0.2, -0.15) is 10.1 Å². The summed E-state index contributed by atoms with van der Waals surface area (Å²) in [5.74, 6) is 2.38. The van der Waals surface area contributed by atoms with Gasteiger partial charge in [0.1, 0.15) is 11.6 Å². The van der Waals surface area contributed by atoms with Crippen LogP contribution in [-0.4, -0.2) is 33.4 Å². The number of hydrogen-bond acceptors (Lipinski definition) is 6. The van der Waals surface area contributed by atoms with E-state index in [9.17, 15) is 0 Å². The van der Waals surface area contributed by atoms with E-state index in [1.165, 1.54) is 0 Å². The summed E-state index contributed by atoms with van der Waals surface area (Å²) in [7, 11) is 3.45. The fourth-order valence-corrected chi connectivity index (χ4v) is 2.45. The zero-order valence-electron chi connectivity index (χ0n) is 14.4. The van der Waals surface area contributed by atoms with Crippen LogP contribution in [0.2, 0.25) is 0 Å². The number of methoxy groups -OCH3 is 1. The standard InChI is InChI=1S/C17H22N6O/c1-10(2)9-19-17-20-14(11-5-7-12(24-4)8-6-11)13-15(18)23(3)22-16(13)21-17/h5-8,10H,9,18H2,1-4H3,(H,19,21,22). The van der Waals surface area contributed by atoms with Crippen molar-refractivity contribution in [3.8, 4) is 17.0 Å². The average molecular weight is 326 g/mol. The molecule has 2 aromatic heterocycles. The molecule has 0 aliphatic carbocycles. The van der Waals surface area contributed by atoms with Crippen molar-refractivity contribution in [1.29, 1.82) is 0 Å². The lowest BCUT2D eigenvalue weighted by molar-refractivity contribution is 0.415. The molecule has 3 rings (SSSR count). The van der Waals surface area contributed by atoms with Gasteiger partial charge in [-0.05, 0) is 30.2 Å². The number of aromatic nitrogens is 4. The van der Waals surface area contributed by atoms with Gasteiger partial charge in [-0.15, -0.1) is 0 Å². The summed E-state index contributed by atoms with van der Waals surface area (Å²) in [5, 5.41) is 8.42. The number of ether oxygens (including phenoxy) is 1. The van der Waals surface area contributed by atoms with Gasteiger partial charge in [0, 0.05) is 19.2 Å². The van der Waals surface area contributed by atoms with Crippen LogP contribution in [0, 0.1) is 5.92 Å². The normalized spacial score (nSPS) is 11.2. The highest BCUT2D eigenvalue weighted by molar-refractivity contribution is 5.98. The summed E-state index contributed by atoms with van der Waals surface area (Å²) in [6, 6.07) is 7.71. The van der Waals surface area contributed by atoms with Crippen molar-refractivity contribution in [3.63, 3.8) is 0 Å². The largest absolute Gasteiger partial charge is 0.497 e. The Balaban J connectivity index is 2.14. The number of nitrogen functional groups attached to an aromatic ring is 1. The molecule has 0 saturated carbocycles. The molecular formula is C17H22N6O. The van der Waals surface area contributed by atoms with Crippen LogP contribution < -0.4 is 15.8 Å². The minimum atomic E-state index is 0.488. The Morgan fingerprint density at radius 2 is 1.92 bits per heavy atom. The molecule has 0 unspecified atom stereocenters. The van der Waals surface area contributed by atoms with E-state index in [4.69, 9.17) is 10.5 Å². The van der Waals surface area contributed by atoms with Crippen molar-refractivity contribution in [1.82, 2.24) is 19.7 Å². The third-order valence-corrected chi connectivity index (χ3v) is 3.77. The fourth-order valence-electron chi connectivity index (χ4n) is 2.45. The Kier molecular flexibility index (Phi) is 4.24. The van der Waals surface area contributed by atoms with Crippen molar-refractivity contribution < 1.29 is 4.74 Å². The first-order valence-corrected chi connectivity index (χ1v) is 7.88. The summed E-state index contributed by atoms with van der Waals surface area (Å²) < 4.78 is 6.85. The number of rotatable bonds is 5. The molecule has 0 aliphatic heterocycles. The summed E-state index contributed by atoms with van der Waals surface area (Å²) >= 11 is 0. The second-order valence-electron chi connectivity index (χ2n) is 6.11. The van der Waals surface area contributed by atoms with Crippen LogP contribution in [0.3, 0.4) is 0 Å². The summed E-state index contributed by atoms with van der Waals surface area (Å²) in [6.45, 7) is 5.05. The van der Waals surface area contributed by atoms with Crippen molar-refractivity contribution in [2.24, 2.45) is 13.0 Å². The van der Waals surface area contributed by atoms with Gasteiger partial charge in [0.05, 0.1) is 18.2 Å². The molecule has 2 heterocycles. The van der Waals surface area contributed by atoms with E-state index >= 15 is 0 Å². The first kappa shape index (κ1) is 16.0. The molecule has 0 spiro atoms. The molecule has 0 atom stereocenters. The Hall–Kier alpha value is -2.83. The quantitative estimate of drug-likeness (QED) is 0.749. The van der Waals surface area contributed by atoms with E-state index in [-0.39, 0.29) is 0 Å². The first-order chi connectivity index (χ1) is 11.5. The van der Waals surface area contributed by atoms with Crippen molar-refractivity contribution in [2.75, 3.05) is 24.7 Å². The van der Waals surface area contributed by atoms with Gasteiger partial charge in [0.15, 0.2) is 5.65 Å². The molecule has 24 heavy (non-hydrogen) atoms. The van der Waals surface area contributed by atoms with E-state index < -0.39 is 0 Å². The Bertz CT molecular complexity index is 854. The zero-order valence-corrected chi connectivity index (χ0v) is 14.4. The Morgan fingerprint density at radius 1 is 1.21 bits per heavy atom. The van der Waals surface area contributed by atoms with E-state index in [0.29, 0.717) is 23.3 Å². The lowest BCUT2D eigenvalue weighted by atomic mass is 10.1. The second kappa shape index (κ2) is 6.35. The molecule has 0 saturated heterocycles. The molecule has 1 aromatic carbocycles. The zero-order chi connectivity index (χ0) is 17.3. The Morgan fingerprint density at radius 3 is 2.54 bits per heavy atom. The van der Waals surface area contributed by atoms with Crippen molar-refractivity contribution in [2.45, 2.75) is 13.8 Å². The van der Waals surface area contributed by atoms with Gasteiger partial charge in [-0.25, -0.2) is 4.98 Å². The SMILES string of the molecule is COc1ccc(-c2nc(NCC(C)C)nc3nn(C)c(N)c23)cc1. The monoisotopic (exact) mass is 326 g/mol. The van der Waals surface area contributed by atoms with E-state index in [1.807, 2.05) is 24.3 Å². The third-order valence-electron chi connectivity index (χ3n) is 3.77. The molecule has 0 amide bonds. The molecule has 0 radical (unpaired) electrons. The number of anilines is 2. The molecule has 3 N–H and O–H groups in total. The maximum absolute atomic E-state index is 6.18. The lowest BCUT2D eigenvalue weighted by Crippen LogP contribution is -2.11. The highest BCUT2D eigenvalue weighted by atomic mass is 16.5. The number of nitrogens with zero attached hydrogens (tertiary/aromatic N) is 4. The topological polar surface area (TPSA) is 90.9 Å². The molecule has 126 valence electrons. The molecule has 0 bridgehead atoms. The summed E-state index contributed by atoms with van der Waals surface area (Å²) in [6.07, 6.45) is 0. The third kappa shape index (κ3) is 2.97. The van der Waals surface area contributed by atoms with Gasteiger partial charge >= 0.3 is 0 Å².